The van der Waals surface area contributed by atoms with Crippen LogP contribution in [0, 0.1) is 6.92 Å². The number of pyridine rings is 2. The lowest BCUT2D eigenvalue weighted by Crippen LogP contribution is -2.14. The van der Waals surface area contributed by atoms with E-state index in [1.807, 2.05) is 24.4 Å². The van der Waals surface area contributed by atoms with E-state index >= 15 is 0 Å². The monoisotopic (exact) mass is 376 g/mol. The van der Waals surface area contributed by atoms with Gasteiger partial charge in [0.05, 0.1) is 11.4 Å². The van der Waals surface area contributed by atoms with Gasteiger partial charge in [-0.2, -0.15) is 0 Å². The fourth-order valence-electron chi connectivity index (χ4n) is 4.75. The van der Waals surface area contributed by atoms with Crippen LogP contribution >= 0.6 is 0 Å². The summed E-state index contributed by atoms with van der Waals surface area (Å²) in [4.78, 5) is 9.57. The summed E-state index contributed by atoms with van der Waals surface area (Å²) < 4.78 is 6.38. The second-order valence-corrected chi connectivity index (χ2v) is 8.36. The summed E-state index contributed by atoms with van der Waals surface area (Å²) in [5.74, 6) is 0. The standard InChI is InChI=1S/C26H20N2O/c1-15-11-12-16-18-14-20-23(17-8-4-5-9-19(17)26(20,2)3)28-25(18)29-24(16)22(15)21-10-6-7-13-27-21/h4-14H,1-3H3. The van der Waals surface area contributed by atoms with Gasteiger partial charge in [-0.3, -0.25) is 4.98 Å². The van der Waals surface area contributed by atoms with Crippen molar-refractivity contribution < 1.29 is 4.42 Å². The molecule has 5 aromatic rings. The Morgan fingerprint density at radius 3 is 2.52 bits per heavy atom. The van der Waals surface area contributed by atoms with E-state index in [2.05, 4.69) is 68.2 Å². The van der Waals surface area contributed by atoms with Gasteiger partial charge < -0.3 is 4.42 Å². The molecule has 3 nitrogen and oxygen atoms in total. The van der Waals surface area contributed by atoms with Gasteiger partial charge in [-0.25, -0.2) is 4.98 Å². The van der Waals surface area contributed by atoms with E-state index in [4.69, 9.17) is 9.40 Å². The van der Waals surface area contributed by atoms with Crippen molar-refractivity contribution in [2.45, 2.75) is 26.2 Å². The van der Waals surface area contributed by atoms with E-state index in [1.165, 1.54) is 16.7 Å². The summed E-state index contributed by atoms with van der Waals surface area (Å²) in [6.07, 6.45) is 1.82. The molecule has 0 unspecified atom stereocenters. The number of benzene rings is 2. The Hall–Kier alpha value is -3.46. The van der Waals surface area contributed by atoms with Crippen molar-refractivity contribution in [3.8, 4) is 22.5 Å². The van der Waals surface area contributed by atoms with Crippen LogP contribution in [0.1, 0.15) is 30.5 Å². The largest absolute Gasteiger partial charge is 0.437 e. The first-order valence-electron chi connectivity index (χ1n) is 9.94. The molecule has 0 N–H and O–H groups in total. The van der Waals surface area contributed by atoms with Crippen LogP contribution in [0.25, 0.3) is 44.6 Å². The first-order valence-corrected chi connectivity index (χ1v) is 9.94. The van der Waals surface area contributed by atoms with Gasteiger partial charge in [0.25, 0.3) is 0 Å². The summed E-state index contributed by atoms with van der Waals surface area (Å²) in [6.45, 7) is 6.65. The molecule has 3 heteroatoms. The maximum absolute atomic E-state index is 6.38. The molecule has 0 spiro atoms. The summed E-state index contributed by atoms with van der Waals surface area (Å²) in [5, 5.41) is 2.16. The highest BCUT2D eigenvalue weighted by Crippen LogP contribution is 2.49. The molecule has 0 bridgehead atoms. The summed E-state index contributed by atoms with van der Waals surface area (Å²) in [5.41, 5.74) is 9.41. The molecule has 0 amide bonds. The average molecular weight is 376 g/mol. The van der Waals surface area contributed by atoms with Crippen LogP contribution in [-0.4, -0.2) is 9.97 Å². The Kier molecular flexibility index (Phi) is 3.15. The molecule has 2 aromatic carbocycles. The Labute approximate surface area is 169 Å². The Morgan fingerprint density at radius 1 is 0.862 bits per heavy atom. The minimum Gasteiger partial charge on any atom is -0.437 e. The van der Waals surface area contributed by atoms with Crippen LogP contribution in [0.2, 0.25) is 0 Å². The number of hydrogen-bond donors (Lipinski definition) is 0. The molecule has 0 saturated heterocycles. The fraction of sp³-hybridized carbons (Fsp3) is 0.154. The van der Waals surface area contributed by atoms with Crippen molar-refractivity contribution in [1.82, 2.24) is 9.97 Å². The molecule has 0 atom stereocenters. The third-order valence-electron chi connectivity index (χ3n) is 6.29. The Morgan fingerprint density at radius 2 is 1.69 bits per heavy atom. The highest BCUT2D eigenvalue weighted by atomic mass is 16.3. The van der Waals surface area contributed by atoms with E-state index in [1.54, 1.807) is 0 Å². The highest BCUT2D eigenvalue weighted by molar-refractivity contribution is 6.10. The molecular formula is C26H20N2O. The molecule has 0 aliphatic heterocycles. The number of aromatic nitrogens is 2. The van der Waals surface area contributed by atoms with Gasteiger partial charge in [-0.15, -0.1) is 0 Å². The average Bonchev–Trinajstić information content (AvgIpc) is 3.20. The maximum Gasteiger partial charge on any atom is 0.227 e. The SMILES string of the molecule is Cc1ccc2c(oc3nc4c(cc32)C(C)(C)c2ccccc2-4)c1-c1ccccn1. The van der Waals surface area contributed by atoms with Crippen LogP contribution in [-0.2, 0) is 5.41 Å². The smallest absolute Gasteiger partial charge is 0.227 e. The predicted molar refractivity (Wildman–Crippen MR) is 117 cm³/mol. The lowest BCUT2D eigenvalue weighted by molar-refractivity contribution is 0.647. The van der Waals surface area contributed by atoms with Gasteiger partial charge in [0.1, 0.15) is 5.58 Å². The van der Waals surface area contributed by atoms with Gasteiger partial charge in [0, 0.05) is 33.5 Å². The second kappa shape index (κ2) is 5.54. The number of rotatable bonds is 1. The lowest BCUT2D eigenvalue weighted by Gasteiger charge is -2.20. The molecule has 140 valence electrons. The van der Waals surface area contributed by atoms with E-state index in [0.29, 0.717) is 5.71 Å². The number of nitrogens with zero attached hydrogens (tertiary/aromatic N) is 2. The number of aryl methyl sites for hydroxylation is 1. The Bertz CT molecular complexity index is 1430. The van der Waals surface area contributed by atoms with Gasteiger partial charge in [0.15, 0.2) is 0 Å². The van der Waals surface area contributed by atoms with Crippen molar-refractivity contribution in [1.29, 1.82) is 0 Å². The van der Waals surface area contributed by atoms with Crippen LogP contribution in [0.5, 0.6) is 0 Å². The fourth-order valence-corrected chi connectivity index (χ4v) is 4.75. The lowest BCUT2D eigenvalue weighted by atomic mass is 9.82. The van der Waals surface area contributed by atoms with Crippen molar-refractivity contribution >= 4 is 22.1 Å². The summed E-state index contributed by atoms with van der Waals surface area (Å²) in [6, 6.07) is 21.1. The first-order chi connectivity index (χ1) is 14.1. The molecule has 3 aromatic heterocycles. The quantitative estimate of drug-likeness (QED) is 0.328. The normalized spacial score (nSPS) is 14.3. The van der Waals surface area contributed by atoms with Crippen molar-refractivity contribution in [3.63, 3.8) is 0 Å². The first kappa shape index (κ1) is 16.5. The van der Waals surface area contributed by atoms with E-state index < -0.39 is 0 Å². The zero-order valence-electron chi connectivity index (χ0n) is 16.7. The predicted octanol–water partition coefficient (Wildman–Crippen LogP) is 6.66. The van der Waals surface area contributed by atoms with Crippen LogP contribution in [0.15, 0.2) is 71.3 Å². The van der Waals surface area contributed by atoms with E-state index in [0.717, 1.165) is 38.9 Å². The van der Waals surface area contributed by atoms with Gasteiger partial charge in [0.2, 0.25) is 5.71 Å². The number of fused-ring (bicyclic) bond motifs is 6. The van der Waals surface area contributed by atoms with Gasteiger partial charge >= 0.3 is 0 Å². The molecule has 1 aliphatic carbocycles. The molecule has 3 heterocycles. The van der Waals surface area contributed by atoms with Crippen LogP contribution < -0.4 is 0 Å². The highest BCUT2D eigenvalue weighted by Gasteiger charge is 2.37. The van der Waals surface area contributed by atoms with Crippen molar-refractivity contribution in [2.24, 2.45) is 0 Å². The zero-order valence-corrected chi connectivity index (χ0v) is 16.7. The molecule has 6 rings (SSSR count). The number of hydrogen-bond acceptors (Lipinski definition) is 3. The molecule has 0 radical (unpaired) electrons. The van der Waals surface area contributed by atoms with Crippen LogP contribution in [0.4, 0.5) is 0 Å². The Balaban J connectivity index is 1.71. The molecule has 0 saturated carbocycles. The van der Waals surface area contributed by atoms with Gasteiger partial charge in [-0.05, 0) is 41.8 Å². The second-order valence-electron chi connectivity index (χ2n) is 8.36. The number of furan rings is 1. The molecule has 1 aliphatic rings. The minimum atomic E-state index is -0.0782. The summed E-state index contributed by atoms with van der Waals surface area (Å²) in [7, 11) is 0. The van der Waals surface area contributed by atoms with Crippen LogP contribution in [0.3, 0.4) is 0 Å². The molecule has 0 fully saturated rings. The third kappa shape index (κ3) is 2.13. The van der Waals surface area contributed by atoms with Crippen molar-refractivity contribution in [2.75, 3.05) is 0 Å². The maximum atomic E-state index is 6.38. The summed E-state index contributed by atoms with van der Waals surface area (Å²) >= 11 is 0. The molecular weight excluding hydrogens is 356 g/mol. The third-order valence-corrected chi connectivity index (χ3v) is 6.29. The van der Waals surface area contributed by atoms with E-state index in [9.17, 15) is 0 Å². The van der Waals surface area contributed by atoms with E-state index in [-0.39, 0.29) is 5.41 Å². The van der Waals surface area contributed by atoms with Crippen molar-refractivity contribution in [3.05, 3.63) is 83.6 Å². The zero-order chi connectivity index (χ0) is 19.8. The topological polar surface area (TPSA) is 38.9 Å². The van der Waals surface area contributed by atoms with Gasteiger partial charge in [-0.1, -0.05) is 56.3 Å². The molecule has 29 heavy (non-hydrogen) atoms. The minimum absolute atomic E-state index is 0.0782.